The van der Waals surface area contributed by atoms with Gasteiger partial charge in [-0.1, -0.05) is 35.6 Å². The molecule has 0 spiro atoms. The molecule has 23 heavy (non-hydrogen) atoms. The van der Waals surface area contributed by atoms with Crippen LogP contribution in [0.15, 0.2) is 47.4 Å². The van der Waals surface area contributed by atoms with E-state index in [0.717, 1.165) is 15.8 Å². The minimum absolute atomic E-state index is 0.133. The first-order valence-electron chi connectivity index (χ1n) is 6.60. The summed E-state index contributed by atoms with van der Waals surface area (Å²) in [5.41, 5.74) is 1.64. The standard InChI is InChI=1S/C15H12N2O4S2/c1-9-5-4-7-11-13(9)16-15(22-11)17-14(18)10-6-2-3-8-12(10)23(19,20)21/h2-8H,1H3,(H,16,17,18)(H,19,20,21). The second-order valence-corrected chi connectivity index (χ2v) is 7.29. The topological polar surface area (TPSA) is 96.4 Å². The lowest BCUT2D eigenvalue weighted by molar-refractivity contribution is 0.102. The largest absolute Gasteiger partial charge is 0.298 e. The molecule has 0 saturated heterocycles. The van der Waals surface area contributed by atoms with Gasteiger partial charge in [0.15, 0.2) is 5.13 Å². The smallest absolute Gasteiger partial charge is 0.295 e. The van der Waals surface area contributed by atoms with Crippen LogP contribution in [0.5, 0.6) is 0 Å². The summed E-state index contributed by atoms with van der Waals surface area (Å²) in [6.07, 6.45) is 0. The molecule has 0 unspecified atom stereocenters. The number of fused-ring (bicyclic) bond motifs is 1. The second kappa shape index (κ2) is 5.73. The lowest BCUT2D eigenvalue weighted by Gasteiger charge is -2.06. The van der Waals surface area contributed by atoms with E-state index in [1.807, 2.05) is 25.1 Å². The van der Waals surface area contributed by atoms with Gasteiger partial charge >= 0.3 is 0 Å². The number of aryl methyl sites for hydroxylation is 1. The highest BCUT2D eigenvalue weighted by Crippen LogP contribution is 2.28. The van der Waals surface area contributed by atoms with Gasteiger partial charge in [-0.2, -0.15) is 8.42 Å². The number of thiazole rings is 1. The highest BCUT2D eigenvalue weighted by atomic mass is 32.2. The fraction of sp³-hybridized carbons (Fsp3) is 0.0667. The zero-order valence-electron chi connectivity index (χ0n) is 12.0. The fourth-order valence-electron chi connectivity index (χ4n) is 2.18. The van der Waals surface area contributed by atoms with Crippen molar-refractivity contribution in [2.24, 2.45) is 0 Å². The number of nitrogens with one attached hydrogen (secondary N) is 1. The normalized spacial score (nSPS) is 11.6. The molecular formula is C15H12N2O4S2. The van der Waals surface area contributed by atoms with Crippen LogP contribution in [0, 0.1) is 6.92 Å². The average Bonchev–Trinajstić information content (AvgIpc) is 2.90. The van der Waals surface area contributed by atoms with Gasteiger partial charge in [0.25, 0.3) is 16.0 Å². The highest BCUT2D eigenvalue weighted by molar-refractivity contribution is 7.86. The molecule has 2 aromatic carbocycles. The van der Waals surface area contributed by atoms with Crippen LogP contribution in [0.2, 0.25) is 0 Å². The van der Waals surface area contributed by atoms with Gasteiger partial charge in [0.2, 0.25) is 0 Å². The predicted octanol–water partition coefficient (Wildman–Crippen LogP) is 3.10. The van der Waals surface area contributed by atoms with Crippen molar-refractivity contribution >= 4 is 42.7 Å². The highest BCUT2D eigenvalue weighted by Gasteiger charge is 2.20. The van der Waals surface area contributed by atoms with Crippen LogP contribution in [0.3, 0.4) is 0 Å². The number of para-hydroxylation sites is 1. The molecule has 2 N–H and O–H groups in total. The zero-order valence-corrected chi connectivity index (χ0v) is 13.6. The van der Waals surface area contributed by atoms with Gasteiger partial charge in [0.1, 0.15) is 4.90 Å². The van der Waals surface area contributed by atoms with Crippen molar-refractivity contribution in [2.45, 2.75) is 11.8 Å². The van der Waals surface area contributed by atoms with E-state index >= 15 is 0 Å². The first-order chi connectivity index (χ1) is 10.9. The van der Waals surface area contributed by atoms with E-state index in [9.17, 15) is 17.8 Å². The Labute approximate surface area is 136 Å². The molecule has 3 aromatic rings. The lowest BCUT2D eigenvalue weighted by Crippen LogP contribution is -2.16. The molecule has 0 radical (unpaired) electrons. The number of hydrogen-bond acceptors (Lipinski definition) is 5. The summed E-state index contributed by atoms with van der Waals surface area (Å²) in [4.78, 5) is 16.2. The third-order valence-electron chi connectivity index (χ3n) is 3.25. The molecule has 0 saturated carbocycles. The molecule has 0 fully saturated rings. The summed E-state index contributed by atoms with van der Waals surface area (Å²) in [6.45, 7) is 1.92. The number of anilines is 1. The molecule has 0 aliphatic carbocycles. The zero-order chi connectivity index (χ0) is 16.6. The number of nitrogens with zero attached hydrogens (tertiary/aromatic N) is 1. The van der Waals surface area contributed by atoms with Crippen LogP contribution in [0.25, 0.3) is 10.2 Å². The molecule has 118 valence electrons. The van der Waals surface area contributed by atoms with E-state index in [4.69, 9.17) is 0 Å². The molecule has 3 rings (SSSR count). The van der Waals surface area contributed by atoms with E-state index in [0.29, 0.717) is 5.13 Å². The molecular weight excluding hydrogens is 336 g/mol. The Hall–Kier alpha value is -2.29. The summed E-state index contributed by atoms with van der Waals surface area (Å²) in [5.74, 6) is -0.644. The fourth-order valence-corrected chi connectivity index (χ4v) is 3.81. The number of benzene rings is 2. The summed E-state index contributed by atoms with van der Waals surface area (Å²) < 4.78 is 32.9. The first kappa shape index (κ1) is 15.6. The molecule has 1 aromatic heterocycles. The van der Waals surface area contributed by atoms with Crippen molar-refractivity contribution in [3.8, 4) is 0 Å². The Balaban J connectivity index is 1.97. The van der Waals surface area contributed by atoms with E-state index < -0.39 is 20.9 Å². The van der Waals surface area contributed by atoms with Crippen molar-refractivity contribution in [2.75, 3.05) is 5.32 Å². The van der Waals surface area contributed by atoms with Crippen LogP contribution >= 0.6 is 11.3 Å². The molecule has 1 heterocycles. The number of carbonyl (C=O) groups is 1. The van der Waals surface area contributed by atoms with E-state index in [2.05, 4.69) is 10.3 Å². The quantitative estimate of drug-likeness (QED) is 0.709. The van der Waals surface area contributed by atoms with Crippen LogP contribution < -0.4 is 5.32 Å². The third-order valence-corrected chi connectivity index (χ3v) is 5.10. The second-order valence-electron chi connectivity index (χ2n) is 4.87. The Morgan fingerprint density at radius 2 is 1.91 bits per heavy atom. The monoisotopic (exact) mass is 348 g/mol. The van der Waals surface area contributed by atoms with Gasteiger partial charge in [0, 0.05) is 0 Å². The van der Waals surface area contributed by atoms with E-state index in [1.54, 1.807) is 0 Å². The van der Waals surface area contributed by atoms with Gasteiger partial charge in [-0.3, -0.25) is 14.7 Å². The maximum atomic E-state index is 12.3. The number of amides is 1. The molecule has 8 heteroatoms. The van der Waals surface area contributed by atoms with Crippen LogP contribution in [0.1, 0.15) is 15.9 Å². The van der Waals surface area contributed by atoms with Crippen LogP contribution in [-0.4, -0.2) is 23.9 Å². The van der Waals surface area contributed by atoms with Gasteiger partial charge in [-0.25, -0.2) is 4.98 Å². The lowest BCUT2D eigenvalue weighted by atomic mass is 10.2. The minimum atomic E-state index is -4.48. The average molecular weight is 348 g/mol. The van der Waals surface area contributed by atoms with Gasteiger partial charge in [0.05, 0.1) is 15.8 Å². The van der Waals surface area contributed by atoms with Gasteiger partial charge < -0.3 is 0 Å². The summed E-state index contributed by atoms with van der Waals surface area (Å²) in [5, 5.41) is 2.95. The Bertz CT molecular complexity index is 1010. The summed E-state index contributed by atoms with van der Waals surface area (Å²) in [6, 6.07) is 11.2. The number of rotatable bonds is 3. The molecule has 6 nitrogen and oxygen atoms in total. The molecule has 1 amide bonds. The molecule has 0 atom stereocenters. The van der Waals surface area contributed by atoms with Crippen LogP contribution in [0.4, 0.5) is 5.13 Å². The van der Waals surface area contributed by atoms with Crippen molar-refractivity contribution in [1.29, 1.82) is 0 Å². The van der Waals surface area contributed by atoms with Gasteiger partial charge in [-0.15, -0.1) is 0 Å². The van der Waals surface area contributed by atoms with Crippen molar-refractivity contribution in [3.63, 3.8) is 0 Å². The van der Waals surface area contributed by atoms with Crippen molar-refractivity contribution in [1.82, 2.24) is 4.98 Å². The number of carbonyl (C=O) groups excluding carboxylic acids is 1. The Morgan fingerprint density at radius 3 is 2.61 bits per heavy atom. The molecule has 0 bridgehead atoms. The SMILES string of the molecule is Cc1cccc2sc(NC(=O)c3ccccc3S(=O)(=O)O)nc12. The predicted molar refractivity (Wildman–Crippen MR) is 88.6 cm³/mol. The van der Waals surface area contributed by atoms with Crippen molar-refractivity contribution < 1.29 is 17.8 Å². The van der Waals surface area contributed by atoms with Gasteiger partial charge in [-0.05, 0) is 30.7 Å². The summed E-state index contributed by atoms with van der Waals surface area (Å²) >= 11 is 1.29. The van der Waals surface area contributed by atoms with Crippen LogP contribution in [-0.2, 0) is 10.1 Å². The van der Waals surface area contributed by atoms with E-state index in [-0.39, 0.29) is 5.56 Å². The maximum absolute atomic E-state index is 12.3. The summed E-state index contributed by atoms with van der Waals surface area (Å²) in [7, 11) is -4.48. The molecule has 0 aliphatic heterocycles. The Morgan fingerprint density at radius 1 is 1.17 bits per heavy atom. The minimum Gasteiger partial charge on any atom is -0.298 e. The van der Waals surface area contributed by atoms with Crippen molar-refractivity contribution in [3.05, 3.63) is 53.6 Å². The number of aromatic nitrogens is 1. The Kier molecular flexibility index (Phi) is 3.88. The molecule has 0 aliphatic rings. The number of hydrogen-bond donors (Lipinski definition) is 2. The van der Waals surface area contributed by atoms with E-state index in [1.165, 1.54) is 35.6 Å². The first-order valence-corrected chi connectivity index (χ1v) is 8.86. The third kappa shape index (κ3) is 3.09. The maximum Gasteiger partial charge on any atom is 0.295 e.